The molecule has 7 rings (SSSR count). The molecule has 35 heavy (non-hydrogen) atoms. The first-order chi connectivity index (χ1) is 15.5. The van der Waals surface area contributed by atoms with E-state index in [1.807, 2.05) is 11.3 Å². The van der Waals surface area contributed by atoms with Gasteiger partial charge in [-0.05, 0) is 23.9 Å². The Morgan fingerprint density at radius 2 is 1.54 bits per heavy atom. The van der Waals surface area contributed by atoms with Gasteiger partial charge in [0.25, 0.3) is 0 Å². The first-order valence-corrected chi connectivity index (χ1v) is 20.8. The summed E-state index contributed by atoms with van der Waals surface area (Å²) in [5.41, 5.74) is 11.4. The molecule has 3 heterocycles. The third kappa shape index (κ3) is 4.77. The SMILES string of the molecule is CC1=C2c3ccsc3C1[Si]2(C)C.CC1=Cc2c(-c3ccc([Si](C)(C)C)cc3)cccc2[CH]1[Zr+2].[Cl-].[Cl-]. The van der Waals surface area contributed by atoms with E-state index in [0.29, 0.717) is 3.63 Å². The largest absolute Gasteiger partial charge is 1.00 e. The van der Waals surface area contributed by atoms with E-state index in [4.69, 9.17) is 0 Å². The van der Waals surface area contributed by atoms with Gasteiger partial charge in [0.1, 0.15) is 0 Å². The molecule has 2 unspecified atom stereocenters. The zero-order valence-corrected chi connectivity index (χ0v) is 28.4. The maximum Gasteiger partial charge on any atom is -1.00 e. The fraction of sp³-hybridized carbons (Fsp3) is 0.310. The Morgan fingerprint density at radius 3 is 2.11 bits per heavy atom. The van der Waals surface area contributed by atoms with Crippen LogP contribution in [0, 0.1) is 0 Å². The summed E-state index contributed by atoms with van der Waals surface area (Å²) in [5, 5.41) is 5.54. The van der Waals surface area contributed by atoms with Gasteiger partial charge in [-0.25, -0.2) is 0 Å². The quantitative estimate of drug-likeness (QED) is 0.381. The van der Waals surface area contributed by atoms with Gasteiger partial charge in [-0.2, -0.15) is 0 Å². The van der Waals surface area contributed by atoms with E-state index in [-0.39, 0.29) is 24.8 Å². The zero-order chi connectivity index (χ0) is 23.7. The third-order valence-corrected chi connectivity index (χ3v) is 17.0. The van der Waals surface area contributed by atoms with Gasteiger partial charge in [0.2, 0.25) is 0 Å². The molecule has 2 aliphatic heterocycles. The Labute approximate surface area is 245 Å². The maximum absolute atomic E-state index is 2.51. The van der Waals surface area contributed by atoms with Crippen LogP contribution >= 0.6 is 11.3 Å². The number of fused-ring (bicyclic) bond motifs is 1. The number of hydrogen-bond acceptors (Lipinski definition) is 1. The van der Waals surface area contributed by atoms with Gasteiger partial charge in [0.15, 0.2) is 0 Å². The third-order valence-electron chi connectivity index (χ3n) is 7.76. The molecule has 2 atom stereocenters. The van der Waals surface area contributed by atoms with Crippen molar-refractivity contribution < 1.29 is 49.5 Å². The monoisotopic (exact) mass is 629 g/mol. The number of thiophene rings is 1. The molecule has 0 spiro atoms. The second-order valence-corrected chi connectivity index (χ2v) is 23.3. The molecule has 6 heteroatoms. The normalized spacial score (nSPS) is 20.4. The summed E-state index contributed by atoms with van der Waals surface area (Å²) in [6.45, 7) is 16.8. The summed E-state index contributed by atoms with van der Waals surface area (Å²) in [6.07, 6.45) is 2.39. The molecule has 0 saturated carbocycles. The predicted molar refractivity (Wildman–Crippen MR) is 148 cm³/mol. The van der Waals surface area contributed by atoms with Crippen molar-refractivity contribution in [1.29, 1.82) is 0 Å². The molecule has 4 aliphatic rings. The van der Waals surface area contributed by atoms with Crippen LogP contribution in [0.2, 0.25) is 32.7 Å². The average molecular weight is 632 g/mol. The van der Waals surface area contributed by atoms with Crippen LogP contribution in [0.5, 0.6) is 0 Å². The van der Waals surface area contributed by atoms with Gasteiger partial charge in [-0.1, -0.05) is 23.9 Å². The van der Waals surface area contributed by atoms with Crippen LogP contribution in [0.4, 0.5) is 0 Å². The van der Waals surface area contributed by atoms with Gasteiger partial charge in [-0.15, -0.1) is 11.3 Å². The van der Waals surface area contributed by atoms with Crippen molar-refractivity contribution in [1.82, 2.24) is 0 Å². The summed E-state index contributed by atoms with van der Waals surface area (Å²) < 4.78 is 0.647. The average Bonchev–Trinajstić information content (AvgIpc) is 3.45. The first kappa shape index (κ1) is 29.1. The van der Waals surface area contributed by atoms with E-state index >= 15 is 0 Å². The molecule has 2 aliphatic carbocycles. The molecule has 0 radical (unpaired) electrons. The van der Waals surface area contributed by atoms with Crippen LogP contribution in [0.25, 0.3) is 22.4 Å². The summed E-state index contributed by atoms with van der Waals surface area (Å²) in [6, 6.07) is 18.4. The van der Waals surface area contributed by atoms with E-state index in [9.17, 15) is 0 Å². The van der Waals surface area contributed by atoms with Crippen LogP contribution in [0.15, 0.2) is 65.1 Å². The minimum absolute atomic E-state index is 0. The van der Waals surface area contributed by atoms with E-state index < -0.39 is 16.1 Å². The summed E-state index contributed by atoms with van der Waals surface area (Å²) >= 11 is 3.55. The molecule has 0 fully saturated rings. The van der Waals surface area contributed by atoms with Crippen LogP contribution < -0.4 is 30.0 Å². The number of rotatable bonds is 2. The second kappa shape index (κ2) is 10.3. The van der Waals surface area contributed by atoms with E-state index in [1.54, 1.807) is 45.9 Å². The molecule has 0 amide bonds. The predicted octanol–water partition coefficient (Wildman–Crippen LogP) is 2.33. The van der Waals surface area contributed by atoms with E-state index in [1.165, 1.54) is 33.0 Å². The fourth-order valence-corrected chi connectivity index (χ4v) is 14.4. The molecule has 0 N–H and O–H groups in total. The number of benzene rings is 2. The molecular formula is C29H33Cl2SSi2Zr. The van der Waals surface area contributed by atoms with Crippen molar-refractivity contribution in [2.24, 2.45) is 0 Å². The zero-order valence-electron chi connectivity index (χ0n) is 21.6. The summed E-state index contributed by atoms with van der Waals surface area (Å²) in [7, 11) is -2.18. The van der Waals surface area contributed by atoms with Gasteiger partial charge < -0.3 is 24.8 Å². The summed E-state index contributed by atoms with van der Waals surface area (Å²) in [4.78, 5) is 1.68. The smallest absolute Gasteiger partial charge is 1.00 e. The molecule has 181 valence electrons. The van der Waals surface area contributed by atoms with Crippen molar-refractivity contribution in [2.75, 3.05) is 0 Å². The van der Waals surface area contributed by atoms with Gasteiger partial charge in [0.05, 0.1) is 8.07 Å². The Bertz CT molecular complexity index is 1310. The van der Waals surface area contributed by atoms with Crippen molar-refractivity contribution in [3.05, 3.63) is 86.6 Å². The molecule has 1 aromatic heterocycles. The van der Waals surface area contributed by atoms with Crippen LogP contribution in [0.1, 0.15) is 44.6 Å². The van der Waals surface area contributed by atoms with Gasteiger partial charge in [0, 0.05) is 10.4 Å². The molecular weight excluding hydrogens is 599 g/mol. The standard InChI is InChI=1S/C19H21Si.C10H12SSi.2ClH.Zr/c1-14-12-16-6-5-7-18(19(16)13-14)15-8-10-17(11-9-15)20(2,3)4;1-6-9-7-4-5-11-8(7)10(6)12(9,2)3;;;/h5-13H,1-4H3;4-5,10H,1-3H3;2*1H;/q;;;;+2/p-2. The van der Waals surface area contributed by atoms with Gasteiger partial charge in [-0.3, -0.25) is 0 Å². The van der Waals surface area contributed by atoms with E-state index in [0.717, 1.165) is 5.54 Å². The van der Waals surface area contributed by atoms with Crippen molar-refractivity contribution in [2.45, 2.75) is 55.7 Å². The Kier molecular flexibility index (Phi) is 8.60. The number of halogens is 2. The first-order valence-electron chi connectivity index (χ1n) is 11.9. The number of allylic oxidation sites excluding steroid dienone is 2. The molecule has 3 aromatic rings. The minimum atomic E-state index is -1.21. The van der Waals surface area contributed by atoms with Crippen molar-refractivity contribution >= 4 is 43.9 Å². The summed E-state index contributed by atoms with van der Waals surface area (Å²) in [5.74, 6) is 0. The molecule has 0 saturated heterocycles. The fourth-order valence-electron chi connectivity index (χ4n) is 6.05. The van der Waals surface area contributed by atoms with Crippen molar-refractivity contribution in [3.8, 4) is 11.1 Å². The Balaban J connectivity index is 0.000000208. The van der Waals surface area contributed by atoms with Crippen molar-refractivity contribution in [3.63, 3.8) is 0 Å². The number of hydrogen-bond donors (Lipinski definition) is 0. The molecule has 0 nitrogen and oxygen atoms in total. The van der Waals surface area contributed by atoms with E-state index in [2.05, 4.69) is 107 Å². The molecule has 2 aromatic carbocycles. The van der Waals surface area contributed by atoms with Crippen LogP contribution in [-0.4, -0.2) is 16.1 Å². The minimum Gasteiger partial charge on any atom is -1.00 e. The Morgan fingerprint density at radius 1 is 0.886 bits per heavy atom. The van der Waals surface area contributed by atoms with Crippen LogP contribution in [0.3, 0.4) is 0 Å². The molecule has 2 bridgehead atoms. The topological polar surface area (TPSA) is 0 Å². The van der Waals surface area contributed by atoms with Gasteiger partial charge >= 0.3 is 145 Å². The Hall–Kier alpha value is -0.483. The second-order valence-electron chi connectivity index (χ2n) is 11.4. The van der Waals surface area contributed by atoms with Crippen LogP contribution in [-0.2, 0) is 24.7 Å². The maximum atomic E-state index is 2.51.